The van der Waals surface area contributed by atoms with Gasteiger partial charge in [-0.1, -0.05) is 49.2 Å². The number of amides is 2. The van der Waals surface area contributed by atoms with Crippen LogP contribution in [-0.4, -0.2) is 34.4 Å². The normalized spacial score (nSPS) is 17.8. The number of hydrogen-bond donors (Lipinski definition) is 1. The molecule has 152 valence electrons. The van der Waals surface area contributed by atoms with Crippen molar-refractivity contribution >= 4 is 40.1 Å². The molecular weight excluding hydrogens is 374 g/mol. The number of benzene rings is 2. The molecule has 0 bridgehead atoms. The molecule has 0 unspecified atom stereocenters. The molecule has 1 fully saturated rings. The van der Waals surface area contributed by atoms with Crippen LogP contribution in [-0.2, 0) is 16.1 Å². The van der Waals surface area contributed by atoms with Crippen molar-refractivity contribution in [2.75, 3.05) is 18.4 Å². The first-order valence-electron chi connectivity index (χ1n) is 10.7. The van der Waals surface area contributed by atoms with E-state index in [1.165, 1.54) is 12.8 Å². The van der Waals surface area contributed by atoms with Crippen molar-refractivity contribution in [3.05, 3.63) is 65.9 Å². The van der Waals surface area contributed by atoms with Crippen LogP contribution in [0.2, 0.25) is 0 Å². The second kappa shape index (κ2) is 7.82. The standard InChI is InChI=1S/C25H25N3O2/c29-24(27-13-7-1-2-8-14-27)17-28-16-18(19-9-4-6-12-23(19)28)15-21-20-10-3-5-11-22(20)26-25(21)30/h3-6,9-12,15-16H,1-2,7-8,13-14,17H2,(H,26,30). The fourth-order valence-corrected chi connectivity index (χ4v) is 4.52. The first-order chi connectivity index (χ1) is 14.7. The van der Waals surface area contributed by atoms with Crippen LogP contribution in [0.3, 0.4) is 0 Å². The molecule has 0 spiro atoms. The molecule has 5 nitrogen and oxygen atoms in total. The molecule has 2 aliphatic rings. The zero-order valence-electron chi connectivity index (χ0n) is 16.9. The maximum Gasteiger partial charge on any atom is 0.256 e. The summed E-state index contributed by atoms with van der Waals surface area (Å²) < 4.78 is 2.02. The van der Waals surface area contributed by atoms with Crippen molar-refractivity contribution in [3.8, 4) is 0 Å². The average Bonchev–Trinajstić information content (AvgIpc) is 3.11. The van der Waals surface area contributed by atoms with Gasteiger partial charge in [-0.2, -0.15) is 0 Å². The first kappa shape index (κ1) is 18.7. The van der Waals surface area contributed by atoms with Gasteiger partial charge in [0.15, 0.2) is 0 Å². The number of carbonyl (C=O) groups is 2. The highest BCUT2D eigenvalue weighted by atomic mass is 16.2. The number of likely N-dealkylation sites (tertiary alicyclic amines) is 1. The second-order valence-electron chi connectivity index (χ2n) is 8.08. The zero-order valence-corrected chi connectivity index (χ0v) is 16.9. The SMILES string of the molecule is O=C1Nc2ccccc2C1=Cc1cn(CC(=O)N2CCCCCC2)c2ccccc12. The fourth-order valence-electron chi connectivity index (χ4n) is 4.52. The van der Waals surface area contributed by atoms with Crippen molar-refractivity contribution in [2.24, 2.45) is 0 Å². The lowest BCUT2D eigenvalue weighted by Gasteiger charge is -2.20. The molecule has 3 aromatic rings. The van der Waals surface area contributed by atoms with Gasteiger partial charge in [0.1, 0.15) is 6.54 Å². The molecule has 0 atom stereocenters. The number of carbonyl (C=O) groups excluding carboxylic acids is 2. The molecule has 3 heterocycles. The number of rotatable bonds is 3. The van der Waals surface area contributed by atoms with E-state index in [1.54, 1.807) is 0 Å². The maximum atomic E-state index is 13.0. The highest BCUT2D eigenvalue weighted by Gasteiger charge is 2.24. The summed E-state index contributed by atoms with van der Waals surface area (Å²) in [6.45, 7) is 2.03. The van der Waals surface area contributed by atoms with Crippen molar-refractivity contribution in [1.29, 1.82) is 0 Å². The van der Waals surface area contributed by atoms with Crippen LogP contribution in [0.15, 0.2) is 54.7 Å². The topological polar surface area (TPSA) is 54.3 Å². The minimum absolute atomic E-state index is 0.0892. The quantitative estimate of drug-likeness (QED) is 0.658. The van der Waals surface area contributed by atoms with Crippen molar-refractivity contribution in [2.45, 2.75) is 32.2 Å². The Hall–Kier alpha value is -3.34. The van der Waals surface area contributed by atoms with Gasteiger partial charge in [-0.15, -0.1) is 0 Å². The Labute approximate surface area is 176 Å². The number of fused-ring (bicyclic) bond motifs is 2. The van der Waals surface area contributed by atoms with E-state index in [0.717, 1.165) is 53.6 Å². The van der Waals surface area contributed by atoms with Crippen LogP contribution in [0, 0.1) is 0 Å². The molecule has 1 saturated heterocycles. The largest absolute Gasteiger partial charge is 0.341 e. The molecule has 5 heteroatoms. The fraction of sp³-hybridized carbons (Fsp3) is 0.280. The van der Waals surface area contributed by atoms with E-state index in [4.69, 9.17) is 0 Å². The van der Waals surface area contributed by atoms with Crippen molar-refractivity contribution < 1.29 is 9.59 Å². The summed E-state index contributed by atoms with van der Waals surface area (Å²) in [4.78, 5) is 27.5. The van der Waals surface area contributed by atoms with Gasteiger partial charge >= 0.3 is 0 Å². The van der Waals surface area contributed by atoms with Gasteiger partial charge in [0.05, 0.1) is 0 Å². The van der Waals surface area contributed by atoms with E-state index in [-0.39, 0.29) is 11.8 Å². The molecule has 2 amide bonds. The molecule has 2 aromatic carbocycles. The average molecular weight is 399 g/mol. The van der Waals surface area contributed by atoms with Crippen LogP contribution in [0.5, 0.6) is 0 Å². The van der Waals surface area contributed by atoms with Crippen molar-refractivity contribution in [1.82, 2.24) is 9.47 Å². The Kier molecular flexibility index (Phi) is 4.87. The highest BCUT2D eigenvalue weighted by molar-refractivity contribution is 6.35. The predicted molar refractivity (Wildman–Crippen MR) is 120 cm³/mol. The van der Waals surface area contributed by atoms with Crippen LogP contribution in [0.25, 0.3) is 22.6 Å². The Morgan fingerprint density at radius 2 is 1.70 bits per heavy atom. The van der Waals surface area contributed by atoms with Crippen LogP contribution in [0.1, 0.15) is 36.8 Å². The minimum atomic E-state index is -0.0892. The summed E-state index contributed by atoms with van der Waals surface area (Å²) in [5, 5.41) is 3.98. The van der Waals surface area contributed by atoms with Gasteiger partial charge < -0.3 is 14.8 Å². The summed E-state index contributed by atoms with van der Waals surface area (Å²) in [6, 6.07) is 15.8. The van der Waals surface area contributed by atoms with E-state index in [2.05, 4.69) is 5.32 Å². The Bertz CT molecular complexity index is 1150. The number of hydrogen-bond acceptors (Lipinski definition) is 2. The van der Waals surface area contributed by atoms with Crippen LogP contribution < -0.4 is 5.32 Å². The zero-order chi connectivity index (χ0) is 20.5. The molecule has 1 aromatic heterocycles. The lowest BCUT2D eigenvalue weighted by atomic mass is 10.0. The van der Waals surface area contributed by atoms with Gasteiger partial charge in [-0.05, 0) is 31.1 Å². The van der Waals surface area contributed by atoms with E-state index in [9.17, 15) is 9.59 Å². The molecule has 0 radical (unpaired) electrons. The number of para-hydroxylation sites is 2. The summed E-state index contributed by atoms with van der Waals surface area (Å²) in [7, 11) is 0. The molecule has 0 aliphatic carbocycles. The summed E-state index contributed by atoms with van der Waals surface area (Å²) in [6.07, 6.45) is 8.53. The second-order valence-corrected chi connectivity index (χ2v) is 8.08. The third-order valence-corrected chi connectivity index (χ3v) is 6.09. The number of anilines is 1. The van der Waals surface area contributed by atoms with Crippen LogP contribution >= 0.6 is 0 Å². The third kappa shape index (κ3) is 3.41. The first-order valence-corrected chi connectivity index (χ1v) is 10.7. The number of aromatic nitrogens is 1. The van der Waals surface area contributed by atoms with Gasteiger partial charge in [0.2, 0.25) is 5.91 Å². The van der Waals surface area contributed by atoms with Gasteiger partial charge in [-0.3, -0.25) is 9.59 Å². The molecule has 5 rings (SSSR count). The molecule has 0 saturated carbocycles. The summed E-state index contributed by atoms with van der Waals surface area (Å²) >= 11 is 0. The van der Waals surface area contributed by atoms with Gasteiger partial charge in [0, 0.05) is 52.6 Å². The van der Waals surface area contributed by atoms with E-state index in [0.29, 0.717) is 12.1 Å². The molecule has 2 aliphatic heterocycles. The lowest BCUT2D eigenvalue weighted by Crippen LogP contribution is -2.34. The van der Waals surface area contributed by atoms with E-state index >= 15 is 0 Å². The van der Waals surface area contributed by atoms with E-state index < -0.39 is 0 Å². The van der Waals surface area contributed by atoms with Gasteiger partial charge in [-0.25, -0.2) is 0 Å². The van der Waals surface area contributed by atoms with E-state index in [1.807, 2.05) is 70.3 Å². The third-order valence-electron chi connectivity index (χ3n) is 6.09. The number of nitrogens with one attached hydrogen (secondary N) is 1. The smallest absolute Gasteiger partial charge is 0.256 e. The summed E-state index contributed by atoms with van der Waals surface area (Å²) in [5.74, 6) is 0.0782. The highest BCUT2D eigenvalue weighted by Crippen LogP contribution is 2.34. The maximum absolute atomic E-state index is 13.0. The van der Waals surface area contributed by atoms with Crippen molar-refractivity contribution in [3.63, 3.8) is 0 Å². The lowest BCUT2D eigenvalue weighted by molar-refractivity contribution is -0.131. The molecular formula is C25H25N3O2. The minimum Gasteiger partial charge on any atom is -0.341 e. The number of nitrogens with zero attached hydrogens (tertiary/aromatic N) is 2. The predicted octanol–water partition coefficient (Wildman–Crippen LogP) is 4.54. The Balaban J connectivity index is 1.50. The molecule has 1 N–H and O–H groups in total. The molecule has 30 heavy (non-hydrogen) atoms. The van der Waals surface area contributed by atoms with Gasteiger partial charge in [0.25, 0.3) is 5.91 Å². The monoisotopic (exact) mass is 399 g/mol. The summed E-state index contributed by atoms with van der Waals surface area (Å²) in [5.41, 5.74) is 4.39. The van der Waals surface area contributed by atoms with Crippen LogP contribution in [0.4, 0.5) is 5.69 Å². The Morgan fingerprint density at radius 3 is 2.53 bits per heavy atom. The Morgan fingerprint density at radius 1 is 0.967 bits per heavy atom.